The molecule has 2 N–H and O–H groups in total. The van der Waals surface area contributed by atoms with Crippen molar-refractivity contribution in [2.45, 2.75) is 24.9 Å². The van der Waals surface area contributed by atoms with Crippen molar-refractivity contribution < 1.29 is 14.3 Å². The number of fused-ring (bicyclic) bond motifs is 1. The van der Waals surface area contributed by atoms with E-state index in [1.54, 1.807) is 24.4 Å². The Kier molecular flexibility index (Phi) is 4.52. The van der Waals surface area contributed by atoms with Crippen molar-refractivity contribution in [3.05, 3.63) is 35.5 Å². The third-order valence-electron chi connectivity index (χ3n) is 4.22. The molecule has 1 amide bonds. The van der Waals surface area contributed by atoms with E-state index in [0.717, 1.165) is 0 Å². The molecule has 25 heavy (non-hydrogen) atoms. The first-order chi connectivity index (χ1) is 12.1. The Morgan fingerprint density at radius 3 is 2.80 bits per heavy atom. The number of aromatic amines is 1. The molecule has 0 spiro atoms. The van der Waals surface area contributed by atoms with E-state index in [-0.39, 0.29) is 5.91 Å². The quantitative estimate of drug-likeness (QED) is 0.600. The van der Waals surface area contributed by atoms with Crippen LogP contribution in [0.1, 0.15) is 40.0 Å². The average Bonchev–Trinajstić information content (AvgIpc) is 3.26. The second-order valence-electron chi connectivity index (χ2n) is 5.81. The second kappa shape index (κ2) is 6.77. The van der Waals surface area contributed by atoms with Crippen LogP contribution in [0.25, 0.3) is 10.9 Å². The number of carbonyl (C=O) groups excluding carboxylic acids is 2. The van der Waals surface area contributed by atoms with Gasteiger partial charge in [-0.3, -0.25) is 4.79 Å². The lowest BCUT2D eigenvalue weighted by molar-refractivity contribution is 0.0603. The van der Waals surface area contributed by atoms with Crippen LogP contribution in [0.3, 0.4) is 0 Å². The number of esters is 1. The highest BCUT2D eigenvalue weighted by molar-refractivity contribution is 6.14. The number of terminal acetylenes is 1. The van der Waals surface area contributed by atoms with Crippen molar-refractivity contribution in [3.8, 4) is 12.3 Å². The van der Waals surface area contributed by atoms with Gasteiger partial charge in [0, 0.05) is 42.9 Å². The van der Waals surface area contributed by atoms with Gasteiger partial charge in [0.25, 0.3) is 5.91 Å². The molecule has 1 aromatic heterocycles. The first-order valence-electron chi connectivity index (χ1n) is 7.94. The number of hydrogen-bond donors (Lipinski definition) is 2. The van der Waals surface area contributed by atoms with Gasteiger partial charge in [0.05, 0.1) is 18.2 Å². The lowest BCUT2D eigenvalue weighted by Crippen LogP contribution is -2.28. The van der Waals surface area contributed by atoms with E-state index in [2.05, 4.69) is 26.4 Å². The van der Waals surface area contributed by atoms with Crippen molar-refractivity contribution in [2.24, 2.45) is 10.2 Å². The summed E-state index contributed by atoms with van der Waals surface area (Å²) in [6.45, 7) is 0.420. The molecule has 0 saturated carbocycles. The zero-order valence-electron chi connectivity index (χ0n) is 13.8. The van der Waals surface area contributed by atoms with E-state index in [9.17, 15) is 9.59 Å². The normalized spacial score (nSPS) is 14.1. The molecule has 1 aromatic carbocycles. The lowest BCUT2D eigenvalue weighted by Gasteiger charge is -2.10. The molecule has 128 valence electrons. The number of carbonyl (C=O) groups is 2. The zero-order chi connectivity index (χ0) is 17.9. The van der Waals surface area contributed by atoms with E-state index >= 15 is 0 Å². The first-order valence-corrected chi connectivity index (χ1v) is 7.94. The van der Waals surface area contributed by atoms with Gasteiger partial charge in [-0.15, -0.1) is 12.3 Å². The maximum Gasteiger partial charge on any atom is 0.338 e. The van der Waals surface area contributed by atoms with Crippen LogP contribution in [-0.2, 0) is 4.74 Å². The number of amides is 1. The number of ether oxygens (including phenoxy) is 1. The van der Waals surface area contributed by atoms with Gasteiger partial charge in [-0.05, 0) is 12.1 Å². The monoisotopic (exact) mass is 338 g/mol. The van der Waals surface area contributed by atoms with Gasteiger partial charge < -0.3 is 15.0 Å². The Labute approximate surface area is 144 Å². The molecule has 0 bridgehead atoms. The Bertz CT molecular complexity index is 885. The summed E-state index contributed by atoms with van der Waals surface area (Å²) in [7, 11) is 1.31. The minimum absolute atomic E-state index is 0.268. The predicted molar refractivity (Wildman–Crippen MR) is 92.2 cm³/mol. The molecular formula is C18H18N4O3. The van der Waals surface area contributed by atoms with Crippen LogP contribution in [0.2, 0.25) is 0 Å². The summed E-state index contributed by atoms with van der Waals surface area (Å²) in [4.78, 5) is 27.5. The highest BCUT2D eigenvalue weighted by Gasteiger charge is 2.38. The summed E-state index contributed by atoms with van der Waals surface area (Å²) in [6, 6.07) is 5.17. The van der Waals surface area contributed by atoms with Crippen LogP contribution in [0.15, 0.2) is 34.6 Å². The smallest absolute Gasteiger partial charge is 0.338 e. The number of nitrogens with one attached hydrogen (secondary N) is 2. The standard InChI is InChI=1S/C18H18N4O3/c1-3-4-8-18(21-22-18)9-10-19-16(23)13-11-20-14-7-5-6-12(15(13)14)17(24)25-2/h1,5-7,11,20H,4,8-10H2,2H3,(H,19,23). The Balaban J connectivity index is 1.71. The Morgan fingerprint density at radius 2 is 2.12 bits per heavy atom. The molecule has 2 heterocycles. The van der Waals surface area contributed by atoms with Crippen LogP contribution in [0.4, 0.5) is 0 Å². The number of nitrogens with zero attached hydrogens (tertiary/aromatic N) is 2. The summed E-state index contributed by atoms with van der Waals surface area (Å²) in [6.07, 6.45) is 8.75. The molecule has 0 aliphatic carbocycles. The van der Waals surface area contributed by atoms with Gasteiger partial charge in [-0.25, -0.2) is 4.79 Å². The van der Waals surface area contributed by atoms with Gasteiger partial charge in [-0.1, -0.05) is 6.07 Å². The molecule has 0 fully saturated rings. The molecule has 0 atom stereocenters. The van der Waals surface area contributed by atoms with Gasteiger partial charge in [0.2, 0.25) is 0 Å². The number of rotatable bonds is 7. The SMILES string of the molecule is C#CCCC1(CCNC(=O)c2c[nH]c3cccc(C(=O)OC)c23)N=N1. The zero-order valence-corrected chi connectivity index (χ0v) is 13.8. The fourth-order valence-corrected chi connectivity index (χ4v) is 2.78. The van der Waals surface area contributed by atoms with Crippen LogP contribution < -0.4 is 5.32 Å². The fraction of sp³-hybridized carbons (Fsp3) is 0.333. The molecule has 7 nitrogen and oxygen atoms in total. The molecule has 1 aliphatic rings. The van der Waals surface area contributed by atoms with Crippen LogP contribution >= 0.6 is 0 Å². The van der Waals surface area contributed by atoms with Gasteiger partial charge in [-0.2, -0.15) is 10.2 Å². The topological polar surface area (TPSA) is 95.9 Å². The van der Waals surface area contributed by atoms with E-state index in [1.807, 2.05) is 0 Å². The first kappa shape index (κ1) is 16.7. The number of hydrogen-bond acceptors (Lipinski definition) is 5. The van der Waals surface area contributed by atoms with Crippen molar-refractivity contribution in [2.75, 3.05) is 13.7 Å². The Hall–Kier alpha value is -3.14. The molecule has 0 saturated heterocycles. The largest absolute Gasteiger partial charge is 0.465 e. The highest BCUT2D eigenvalue weighted by atomic mass is 16.5. The van der Waals surface area contributed by atoms with E-state index in [4.69, 9.17) is 11.2 Å². The summed E-state index contributed by atoms with van der Waals surface area (Å²) in [5.74, 6) is 1.82. The van der Waals surface area contributed by atoms with E-state index in [0.29, 0.717) is 47.8 Å². The van der Waals surface area contributed by atoms with Crippen LogP contribution in [0, 0.1) is 12.3 Å². The van der Waals surface area contributed by atoms with E-state index < -0.39 is 11.6 Å². The van der Waals surface area contributed by atoms with Crippen molar-refractivity contribution >= 4 is 22.8 Å². The summed E-state index contributed by atoms with van der Waals surface area (Å²) >= 11 is 0. The molecule has 2 aromatic rings. The van der Waals surface area contributed by atoms with Gasteiger partial charge in [0.15, 0.2) is 5.66 Å². The fourth-order valence-electron chi connectivity index (χ4n) is 2.78. The van der Waals surface area contributed by atoms with Crippen molar-refractivity contribution in [1.82, 2.24) is 10.3 Å². The average molecular weight is 338 g/mol. The molecule has 0 unspecified atom stereocenters. The second-order valence-corrected chi connectivity index (χ2v) is 5.81. The Morgan fingerprint density at radius 1 is 1.32 bits per heavy atom. The minimum atomic E-state index is -0.483. The molecule has 3 rings (SSSR count). The predicted octanol–water partition coefficient (Wildman–Crippen LogP) is 2.65. The van der Waals surface area contributed by atoms with E-state index in [1.165, 1.54) is 7.11 Å². The van der Waals surface area contributed by atoms with Crippen LogP contribution in [-0.4, -0.2) is 36.2 Å². The minimum Gasteiger partial charge on any atom is -0.465 e. The molecule has 0 radical (unpaired) electrons. The van der Waals surface area contributed by atoms with Gasteiger partial charge >= 0.3 is 5.97 Å². The van der Waals surface area contributed by atoms with Crippen molar-refractivity contribution in [1.29, 1.82) is 0 Å². The highest BCUT2D eigenvalue weighted by Crippen LogP contribution is 2.36. The molecule has 1 aliphatic heterocycles. The van der Waals surface area contributed by atoms with Gasteiger partial charge in [0.1, 0.15) is 0 Å². The number of aromatic nitrogens is 1. The van der Waals surface area contributed by atoms with Crippen molar-refractivity contribution in [3.63, 3.8) is 0 Å². The lowest BCUT2D eigenvalue weighted by atomic mass is 10.0. The summed E-state index contributed by atoms with van der Waals surface area (Å²) < 4.78 is 4.79. The molecule has 7 heteroatoms. The summed E-state index contributed by atoms with van der Waals surface area (Å²) in [5.41, 5.74) is 1.02. The molecular weight excluding hydrogens is 320 g/mol. The number of H-pyrrole nitrogens is 1. The third-order valence-corrected chi connectivity index (χ3v) is 4.22. The summed E-state index contributed by atoms with van der Waals surface area (Å²) in [5, 5.41) is 11.5. The number of benzene rings is 1. The third kappa shape index (κ3) is 3.38. The number of methoxy groups -OCH3 is 1. The maximum atomic E-state index is 12.5. The van der Waals surface area contributed by atoms with Crippen LogP contribution in [0.5, 0.6) is 0 Å². The maximum absolute atomic E-state index is 12.5.